The number of amides is 1. The quantitative estimate of drug-likeness (QED) is 0.539. The molecule has 1 rings (SSSR count). The number of hydrogen-bond donors (Lipinski definition) is 1. The second-order valence-corrected chi connectivity index (χ2v) is 2.73. The fourth-order valence-electron chi connectivity index (χ4n) is 0.906. The SMILES string of the molecule is CC(=O)N/N=C(/C)c1ccccc1. The lowest BCUT2D eigenvalue weighted by atomic mass is 10.1. The van der Waals surface area contributed by atoms with Crippen molar-refractivity contribution in [3.63, 3.8) is 0 Å². The third-order valence-corrected chi connectivity index (χ3v) is 1.57. The second kappa shape index (κ2) is 4.40. The van der Waals surface area contributed by atoms with Crippen molar-refractivity contribution >= 4 is 11.6 Å². The molecule has 0 aliphatic carbocycles. The van der Waals surface area contributed by atoms with Crippen LogP contribution in [0.4, 0.5) is 0 Å². The standard InChI is InChI=1S/C10H12N2O/c1-8(11-12-9(2)13)10-6-4-3-5-7-10/h3-7H,1-2H3,(H,12,13)/b11-8-. The number of nitrogens with one attached hydrogen (secondary N) is 1. The van der Waals surface area contributed by atoms with E-state index in [9.17, 15) is 4.79 Å². The van der Waals surface area contributed by atoms with Gasteiger partial charge >= 0.3 is 0 Å². The third-order valence-electron chi connectivity index (χ3n) is 1.57. The van der Waals surface area contributed by atoms with E-state index in [2.05, 4.69) is 10.5 Å². The molecule has 0 heterocycles. The lowest BCUT2D eigenvalue weighted by molar-refractivity contribution is -0.118. The van der Waals surface area contributed by atoms with Gasteiger partial charge in [0.1, 0.15) is 0 Å². The zero-order valence-corrected chi connectivity index (χ0v) is 7.74. The largest absolute Gasteiger partial charge is 0.274 e. The normalized spacial score (nSPS) is 11.1. The van der Waals surface area contributed by atoms with E-state index in [4.69, 9.17) is 0 Å². The molecule has 68 valence electrons. The minimum Gasteiger partial charge on any atom is -0.274 e. The summed E-state index contributed by atoms with van der Waals surface area (Å²) in [7, 11) is 0. The highest BCUT2D eigenvalue weighted by Gasteiger charge is 1.94. The molecule has 0 atom stereocenters. The highest BCUT2D eigenvalue weighted by atomic mass is 16.2. The number of nitrogens with zero attached hydrogens (tertiary/aromatic N) is 1. The molecule has 13 heavy (non-hydrogen) atoms. The Kier molecular flexibility index (Phi) is 3.20. The molecule has 0 bridgehead atoms. The van der Waals surface area contributed by atoms with E-state index in [0.29, 0.717) is 0 Å². The summed E-state index contributed by atoms with van der Waals surface area (Å²) >= 11 is 0. The van der Waals surface area contributed by atoms with Gasteiger partial charge in [-0.15, -0.1) is 0 Å². The summed E-state index contributed by atoms with van der Waals surface area (Å²) in [4.78, 5) is 10.6. The average molecular weight is 176 g/mol. The van der Waals surface area contributed by atoms with E-state index >= 15 is 0 Å². The van der Waals surface area contributed by atoms with Crippen molar-refractivity contribution in [3.05, 3.63) is 35.9 Å². The number of hydrogen-bond acceptors (Lipinski definition) is 2. The number of carbonyl (C=O) groups excluding carboxylic acids is 1. The van der Waals surface area contributed by atoms with Gasteiger partial charge in [-0.2, -0.15) is 5.10 Å². The van der Waals surface area contributed by atoms with Crippen molar-refractivity contribution in [1.82, 2.24) is 5.43 Å². The first-order chi connectivity index (χ1) is 6.20. The van der Waals surface area contributed by atoms with Gasteiger partial charge in [-0.05, 0) is 12.5 Å². The molecule has 1 amide bonds. The fraction of sp³-hybridized carbons (Fsp3) is 0.200. The van der Waals surface area contributed by atoms with E-state index in [1.807, 2.05) is 37.3 Å². The van der Waals surface area contributed by atoms with Crippen LogP contribution in [0.5, 0.6) is 0 Å². The van der Waals surface area contributed by atoms with E-state index in [-0.39, 0.29) is 5.91 Å². The Bertz CT molecular complexity index is 317. The summed E-state index contributed by atoms with van der Waals surface area (Å²) in [6.45, 7) is 3.28. The Morgan fingerprint density at radius 1 is 1.23 bits per heavy atom. The molecule has 1 aromatic rings. The molecule has 1 N–H and O–H groups in total. The van der Waals surface area contributed by atoms with Crippen molar-refractivity contribution in [2.24, 2.45) is 5.10 Å². The van der Waals surface area contributed by atoms with Gasteiger partial charge in [0, 0.05) is 6.92 Å². The lowest BCUT2D eigenvalue weighted by Gasteiger charge is -1.99. The first-order valence-corrected chi connectivity index (χ1v) is 4.06. The number of hydrazone groups is 1. The summed E-state index contributed by atoms with van der Waals surface area (Å²) in [5.74, 6) is -0.157. The predicted octanol–water partition coefficient (Wildman–Crippen LogP) is 1.55. The van der Waals surface area contributed by atoms with Gasteiger partial charge in [-0.25, -0.2) is 5.43 Å². The first-order valence-electron chi connectivity index (χ1n) is 4.06. The second-order valence-electron chi connectivity index (χ2n) is 2.73. The lowest BCUT2D eigenvalue weighted by Crippen LogP contribution is -2.14. The average Bonchev–Trinajstić information content (AvgIpc) is 2.15. The van der Waals surface area contributed by atoms with E-state index in [1.165, 1.54) is 6.92 Å². The van der Waals surface area contributed by atoms with Crippen LogP contribution in [0.15, 0.2) is 35.4 Å². The van der Waals surface area contributed by atoms with Crippen LogP contribution in [0.25, 0.3) is 0 Å². The molecule has 0 saturated heterocycles. The van der Waals surface area contributed by atoms with E-state index in [0.717, 1.165) is 11.3 Å². The van der Waals surface area contributed by atoms with Crippen molar-refractivity contribution in [1.29, 1.82) is 0 Å². The molecule has 0 aliphatic rings. The third kappa shape index (κ3) is 3.07. The summed E-state index contributed by atoms with van der Waals surface area (Å²) in [6, 6.07) is 9.70. The van der Waals surface area contributed by atoms with Gasteiger partial charge in [-0.3, -0.25) is 4.79 Å². The van der Waals surface area contributed by atoms with Gasteiger partial charge in [0.2, 0.25) is 5.91 Å². The van der Waals surface area contributed by atoms with Crippen molar-refractivity contribution in [3.8, 4) is 0 Å². The van der Waals surface area contributed by atoms with E-state index in [1.54, 1.807) is 0 Å². The molecule has 3 nitrogen and oxygen atoms in total. The Morgan fingerprint density at radius 3 is 2.38 bits per heavy atom. The van der Waals surface area contributed by atoms with Crippen LogP contribution in [0.3, 0.4) is 0 Å². The smallest absolute Gasteiger partial charge is 0.236 e. The van der Waals surface area contributed by atoms with Crippen LogP contribution in [0.2, 0.25) is 0 Å². The van der Waals surface area contributed by atoms with Gasteiger partial charge in [0.25, 0.3) is 0 Å². The van der Waals surface area contributed by atoms with E-state index < -0.39 is 0 Å². The fourth-order valence-corrected chi connectivity index (χ4v) is 0.906. The Hall–Kier alpha value is -1.64. The van der Waals surface area contributed by atoms with Crippen LogP contribution in [0.1, 0.15) is 19.4 Å². The van der Waals surface area contributed by atoms with Crippen LogP contribution in [0, 0.1) is 0 Å². The van der Waals surface area contributed by atoms with Gasteiger partial charge in [-0.1, -0.05) is 30.3 Å². The zero-order valence-electron chi connectivity index (χ0n) is 7.74. The highest BCUT2D eigenvalue weighted by Crippen LogP contribution is 1.99. The maximum atomic E-state index is 10.6. The van der Waals surface area contributed by atoms with Crippen LogP contribution < -0.4 is 5.43 Å². The van der Waals surface area contributed by atoms with Crippen LogP contribution in [-0.4, -0.2) is 11.6 Å². The Morgan fingerprint density at radius 2 is 1.85 bits per heavy atom. The number of carbonyl (C=O) groups is 1. The summed E-state index contributed by atoms with van der Waals surface area (Å²) in [5, 5.41) is 3.91. The van der Waals surface area contributed by atoms with Crippen molar-refractivity contribution < 1.29 is 4.79 Å². The zero-order chi connectivity index (χ0) is 9.68. The predicted molar refractivity (Wildman–Crippen MR) is 52.5 cm³/mol. The molecule has 0 unspecified atom stereocenters. The minimum atomic E-state index is -0.157. The Balaban J connectivity index is 2.73. The number of rotatable bonds is 2. The maximum Gasteiger partial charge on any atom is 0.236 e. The first kappa shape index (κ1) is 9.45. The van der Waals surface area contributed by atoms with Crippen LogP contribution in [-0.2, 0) is 4.79 Å². The molecule has 0 radical (unpaired) electrons. The van der Waals surface area contributed by atoms with Crippen molar-refractivity contribution in [2.45, 2.75) is 13.8 Å². The maximum absolute atomic E-state index is 10.6. The highest BCUT2D eigenvalue weighted by molar-refractivity contribution is 5.99. The van der Waals surface area contributed by atoms with Crippen molar-refractivity contribution in [2.75, 3.05) is 0 Å². The molecule has 0 aromatic heterocycles. The number of benzene rings is 1. The molecular weight excluding hydrogens is 164 g/mol. The molecular formula is C10H12N2O. The summed E-state index contributed by atoms with van der Waals surface area (Å²) < 4.78 is 0. The van der Waals surface area contributed by atoms with Crippen LogP contribution >= 0.6 is 0 Å². The molecule has 1 aromatic carbocycles. The molecule has 0 spiro atoms. The Labute approximate surface area is 77.5 Å². The molecule has 0 saturated carbocycles. The minimum absolute atomic E-state index is 0.157. The van der Waals surface area contributed by atoms with Gasteiger partial charge in [0.05, 0.1) is 5.71 Å². The molecule has 0 aliphatic heterocycles. The topological polar surface area (TPSA) is 41.5 Å². The summed E-state index contributed by atoms with van der Waals surface area (Å²) in [6.07, 6.45) is 0. The molecule has 3 heteroatoms. The van der Waals surface area contributed by atoms with Gasteiger partial charge < -0.3 is 0 Å². The summed E-state index contributed by atoms with van der Waals surface area (Å²) in [5.41, 5.74) is 4.20. The molecule has 0 fully saturated rings. The monoisotopic (exact) mass is 176 g/mol. The van der Waals surface area contributed by atoms with Gasteiger partial charge in [0.15, 0.2) is 0 Å².